The number of nitrogens with zero attached hydrogens (tertiary/aromatic N) is 1. The van der Waals surface area contributed by atoms with Gasteiger partial charge in [-0.2, -0.15) is 0 Å². The molecule has 0 saturated heterocycles. The molecular formula is C19H26N2. The van der Waals surface area contributed by atoms with Crippen LogP contribution < -0.4 is 10.6 Å². The van der Waals surface area contributed by atoms with Crippen LogP contribution in [0.3, 0.4) is 0 Å². The first-order chi connectivity index (χ1) is 10.3. The fraction of sp³-hybridized carbons (Fsp3) is 0.474. The van der Waals surface area contributed by atoms with Crippen LogP contribution in [0.2, 0.25) is 0 Å². The van der Waals surface area contributed by atoms with Gasteiger partial charge in [0.15, 0.2) is 0 Å². The second-order valence-corrected chi connectivity index (χ2v) is 6.38. The molecule has 1 saturated carbocycles. The summed E-state index contributed by atoms with van der Waals surface area (Å²) in [5.74, 6) is 0.858. The SMILES string of the molecule is CN(CC1CCCCC1)c1ccc(CN)c2ccccc12. The van der Waals surface area contributed by atoms with Gasteiger partial charge in [0, 0.05) is 31.2 Å². The molecule has 2 N–H and O–H groups in total. The van der Waals surface area contributed by atoms with Gasteiger partial charge in [-0.25, -0.2) is 0 Å². The third-order valence-corrected chi connectivity index (χ3v) is 4.88. The van der Waals surface area contributed by atoms with Crippen molar-refractivity contribution < 1.29 is 0 Å². The number of benzene rings is 2. The van der Waals surface area contributed by atoms with Gasteiger partial charge in [-0.1, -0.05) is 49.6 Å². The molecule has 1 aliphatic rings. The zero-order valence-corrected chi connectivity index (χ0v) is 13.0. The summed E-state index contributed by atoms with van der Waals surface area (Å²) in [5.41, 5.74) is 8.46. The van der Waals surface area contributed by atoms with Crippen LogP contribution in [0, 0.1) is 5.92 Å². The molecule has 2 aromatic rings. The van der Waals surface area contributed by atoms with Crippen molar-refractivity contribution in [3.63, 3.8) is 0 Å². The maximum Gasteiger partial charge on any atom is 0.0443 e. The maximum absolute atomic E-state index is 5.88. The number of fused-ring (bicyclic) bond motifs is 1. The molecule has 112 valence electrons. The third-order valence-electron chi connectivity index (χ3n) is 4.88. The summed E-state index contributed by atoms with van der Waals surface area (Å²) in [4.78, 5) is 2.44. The van der Waals surface area contributed by atoms with E-state index in [-0.39, 0.29) is 0 Å². The Balaban J connectivity index is 1.89. The second kappa shape index (κ2) is 6.48. The molecule has 1 fully saturated rings. The van der Waals surface area contributed by atoms with E-state index in [1.54, 1.807) is 0 Å². The van der Waals surface area contributed by atoms with Gasteiger partial charge in [-0.05, 0) is 35.8 Å². The van der Waals surface area contributed by atoms with Gasteiger partial charge in [0.1, 0.15) is 0 Å². The average molecular weight is 282 g/mol. The molecule has 2 nitrogen and oxygen atoms in total. The lowest BCUT2D eigenvalue weighted by Crippen LogP contribution is -2.27. The van der Waals surface area contributed by atoms with Gasteiger partial charge in [0.2, 0.25) is 0 Å². The molecule has 3 rings (SSSR count). The minimum absolute atomic E-state index is 0.604. The Bertz CT molecular complexity index is 600. The van der Waals surface area contributed by atoms with Crippen molar-refractivity contribution in [2.75, 3.05) is 18.5 Å². The van der Waals surface area contributed by atoms with Gasteiger partial charge in [0.25, 0.3) is 0 Å². The van der Waals surface area contributed by atoms with Crippen LogP contribution in [0.15, 0.2) is 36.4 Å². The van der Waals surface area contributed by atoms with Crippen molar-refractivity contribution in [1.82, 2.24) is 0 Å². The smallest absolute Gasteiger partial charge is 0.0443 e. The summed E-state index contributed by atoms with van der Waals surface area (Å²) in [6.45, 7) is 1.78. The highest BCUT2D eigenvalue weighted by Gasteiger charge is 2.17. The van der Waals surface area contributed by atoms with Crippen molar-refractivity contribution in [1.29, 1.82) is 0 Å². The Morgan fingerprint density at radius 2 is 1.71 bits per heavy atom. The number of nitrogens with two attached hydrogens (primary N) is 1. The Morgan fingerprint density at radius 1 is 1.00 bits per heavy atom. The first-order valence-electron chi connectivity index (χ1n) is 8.21. The molecule has 2 heteroatoms. The van der Waals surface area contributed by atoms with Crippen LogP contribution in [-0.2, 0) is 6.54 Å². The molecule has 0 amide bonds. The van der Waals surface area contributed by atoms with Gasteiger partial charge in [0.05, 0.1) is 0 Å². The molecule has 2 aromatic carbocycles. The van der Waals surface area contributed by atoms with E-state index in [0.29, 0.717) is 6.54 Å². The van der Waals surface area contributed by atoms with Crippen LogP contribution in [0.25, 0.3) is 10.8 Å². The van der Waals surface area contributed by atoms with Gasteiger partial charge in [-0.15, -0.1) is 0 Å². The van der Waals surface area contributed by atoms with Crippen molar-refractivity contribution >= 4 is 16.5 Å². The molecule has 0 unspecified atom stereocenters. The Labute approximate surface area is 127 Å². The molecule has 0 bridgehead atoms. The fourth-order valence-corrected chi connectivity index (χ4v) is 3.71. The highest BCUT2D eigenvalue weighted by atomic mass is 15.1. The minimum Gasteiger partial charge on any atom is -0.374 e. The van der Waals surface area contributed by atoms with E-state index in [0.717, 1.165) is 5.92 Å². The van der Waals surface area contributed by atoms with E-state index in [2.05, 4.69) is 48.3 Å². The first-order valence-corrected chi connectivity index (χ1v) is 8.21. The quantitative estimate of drug-likeness (QED) is 0.905. The molecule has 0 radical (unpaired) electrons. The minimum atomic E-state index is 0.604. The first kappa shape index (κ1) is 14.4. The van der Waals surface area contributed by atoms with E-state index in [1.807, 2.05) is 0 Å². The Hall–Kier alpha value is -1.54. The lowest BCUT2D eigenvalue weighted by molar-refractivity contribution is 0.362. The highest BCUT2D eigenvalue weighted by molar-refractivity contribution is 5.96. The molecule has 1 aliphatic carbocycles. The summed E-state index contributed by atoms with van der Waals surface area (Å²) in [6.07, 6.45) is 7.03. The Kier molecular flexibility index (Phi) is 4.45. The second-order valence-electron chi connectivity index (χ2n) is 6.38. The molecule has 0 spiro atoms. The monoisotopic (exact) mass is 282 g/mol. The molecule has 0 atom stereocenters. The number of anilines is 1. The highest BCUT2D eigenvalue weighted by Crippen LogP contribution is 2.31. The number of hydrogen-bond donors (Lipinski definition) is 1. The van der Waals surface area contributed by atoms with Crippen molar-refractivity contribution in [3.8, 4) is 0 Å². The average Bonchev–Trinajstić information content (AvgIpc) is 2.54. The molecule has 21 heavy (non-hydrogen) atoms. The van der Waals surface area contributed by atoms with Crippen LogP contribution >= 0.6 is 0 Å². The lowest BCUT2D eigenvalue weighted by atomic mass is 9.89. The standard InChI is InChI=1S/C19H26N2/c1-21(14-15-7-3-2-4-8-15)19-12-11-16(13-20)17-9-5-6-10-18(17)19/h5-6,9-12,15H,2-4,7-8,13-14,20H2,1H3. The van der Waals surface area contributed by atoms with Crippen LogP contribution in [0.4, 0.5) is 5.69 Å². The van der Waals surface area contributed by atoms with Gasteiger partial charge < -0.3 is 10.6 Å². The number of hydrogen-bond acceptors (Lipinski definition) is 2. The summed E-state index contributed by atoms with van der Waals surface area (Å²) in [5, 5.41) is 2.63. The van der Waals surface area contributed by atoms with E-state index >= 15 is 0 Å². The molecule has 0 aromatic heterocycles. The van der Waals surface area contributed by atoms with Crippen LogP contribution in [0.1, 0.15) is 37.7 Å². The van der Waals surface area contributed by atoms with E-state index < -0.39 is 0 Å². The molecule has 0 aliphatic heterocycles. The van der Waals surface area contributed by atoms with Crippen molar-refractivity contribution in [3.05, 3.63) is 42.0 Å². The fourth-order valence-electron chi connectivity index (χ4n) is 3.71. The normalized spacial score (nSPS) is 16.3. The molecular weight excluding hydrogens is 256 g/mol. The Morgan fingerprint density at radius 3 is 2.43 bits per heavy atom. The summed E-state index contributed by atoms with van der Waals surface area (Å²) >= 11 is 0. The zero-order chi connectivity index (χ0) is 14.7. The van der Waals surface area contributed by atoms with E-state index in [4.69, 9.17) is 5.73 Å². The molecule has 0 heterocycles. The van der Waals surface area contributed by atoms with Crippen LogP contribution in [-0.4, -0.2) is 13.6 Å². The predicted molar refractivity (Wildman–Crippen MR) is 91.7 cm³/mol. The maximum atomic E-state index is 5.88. The number of rotatable bonds is 4. The summed E-state index contributed by atoms with van der Waals surface area (Å²) in [7, 11) is 2.23. The van der Waals surface area contributed by atoms with E-state index in [1.165, 1.54) is 60.7 Å². The van der Waals surface area contributed by atoms with Crippen LogP contribution in [0.5, 0.6) is 0 Å². The topological polar surface area (TPSA) is 29.3 Å². The van der Waals surface area contributed by atoms with Gasteiger partial charge >= 0.3 is 0 Å². The largest absolute Gasteiger partial charge is 0.374 e. The van der Waals surface area contributed by atoms with E-state index in [9.17, 15) is 0 Å². The predicted octanol–water partition coefficient (Wildman–Crippen LogP) is 4.32. The summed E-state index contributed by atoms with van der Waals surface area (Å²) in [6, 6.07) is 13.1. The van der Waals surface area contributed by atoms with Crippen molar-refractivity contribution in [2.45, 2.75) is 38.6 Å². The zero-order valence-electron chi connectivity index (χ0n) is 13.0. The lowest BCUT2D eigenvalue weighted by Gasteiger charge is -2.29. The van der Waals surface area contributed by atoms with Crippen molar-refractivity contribution in [2.24, 2.45) is 11.7 Å². The summed E-state index contributed by atoms with van der Waals surface area (Å²) < 4.78 is 0. The third kappa shape index (κ3) is 3.06. The van der Waals surface area contributed by atoms with Gasteiger partial charge in [-0.3, -0.25) is 0 Å².